The first-order chi connectivity index (χ1) is 10.2. The summed E-state index contributed by atoms with van der Waals surface area (Å²) >= 11 is 0. The standard InChI is InChI=1S/C13H12N6O2/c1-8(11-14-6-15-18-11)17-12(20)9-2-4-10(5-3-9)13-19-16-7-21-13/h2-8H,1H3,(H,17,20)(H,14,15,18). The van der Waals surface area contributed by atoms with E-state index in [1.807, 2.05) is 6.92 Å². The minimum Gasteiger partial charge on any atom is -0.423 e. The second-order valence-corrected chi connectivity index (χ2v) is 4.39. The van der Waals surface area contributed by atoms with Gasteiger partial charge in [0, 0.05) is 11.1 Å². The zero-order valence-corrected chi connectivity index (χ0v) is 11.1. The maximum atomic E-state index is 12.1. The van der Waals surface area contributed by atoms with Crippen molar-refractivity contribution in [3.63, 3.8) is 0 Å². The summed E-state index contributed by atoms with van der Waals surface area (Å²) in [4.78, 5) is 16.1. The van der Waals surface area contributed by atoms with Crippen LogP contribution in [0.1, 0.15) is 29.1 Å². The monoisotopic (exact) mass is 284 g/mol. The molecule has 2 aromatic heterocycles. The number of carbonyl (C=O) groups is 1. The van der Waals surface area contributed by atoms with Crippen LogP contribution in [0.25, 0.3) is 11.5 Å². The number of nitrogens with one attached hydrogen (secondary N) is 2. The third-order valence-electron chi connectivity index (χ3n) is 2.95. The van der Waals surface area contributed by atoms with Gasteiger partial charge in [0.2, 0.25) is 12.3 Å². The summed E-state index contributed by atoms with van der Waals surface area (Å²) in [5.74, 6) is 0.818. The molecular formula is C13H12N6O2. The van der Waals surface area contributed by atoms with Gasteiger partial charge in [0.1, 0.15) is 12.2 Å². The van der Waals surface area contributed by atoms with Gasteiger partial charge in [-0.2, -0.15) is 5.10 Å². The molecule has 1 atom stereocenters. The van der Waals surface area contributed by atoms with Crippen molar-refractivity contribution in [2.75, 3.05) is 0 Å². The highest BCUT2D eigenvalue weighted by Crippen LogP contribution is 2.17. The summed E-state index contributed by atoms with van der Waals surface area (Å²) in [6.45, 7) is 1.82. The molecule has 3 aromatic rings. The predicted octanol–water partition coefficient (Wildman–Crippen LogP) is 1.35. The molecule has 21 heavy (non-hydrogen) atoms. The third kappa shape index (κ3) is 2.78. The lowest BCUT2D eigenvalue weighted by atomic mass is 10.1. The second-order valence-electron chi connectivity index (χ2n) is 4.39. The lowest BCUT2D eigenvalue weighted by Gasteiger charge is -2.11. The molecule has 0 radical (unpaired) electrons. The number of benzene rings is 1. The largest absolute Gasteiger partial charge is 0.423 e. The molecule has 0 aliphatic heterocycles. The lowest BCUT2D eigenvalue weighted by Crippen LogP contribution is -2.27. The van der Waals surface area contributed by atoms with Gasteiger partial charge in [-0.05, 0) is 31.2 Å². The van der Waals surface area contributed by atoms with Crippen molar-refractivity contribution < 1.29 is 9.21 Å². The van der Waals surface area contributed by atoms with Crippen molar-refractivity contribution in [1.82, 2.24) is 30.7 Å². The Morgan fingerprint density at radius 2 is 2.14 bits per heavy atom. The van der Waals surface area contributed by atoms with Crippen molar-refractivity contribution in [1.29, 1.82) is 0 Å². The molecule has 8 heteroatoms. The van der Waals surface area contributed by atoms with E-state index < -0.39 is 0 Å². The fourth-order valence-corrected chi connectivity index (χ4v) is 1.83. The Morgan fingerprint density at radius 1 is 1.33 bits per heavy atom. The van der Waals surface area contributed by atoms with Gasteiger partial charge in [0.25, 0.3) is 5.91 Å². The SMILES string of the molecule is CC(NC(=O)c1ccc(-c2nnco2)cc1)c1ncn[nH]1. The summed E-state index contributed by atoms with van der Waals surface area (Å²) in [6, 6.07) is 6.64. The molecule has 2 N–H and O–H groups in total. The van der Waals surface area contributed by atoms with Crippen molar-refractivity contribution in [3.05, 3.63) is 48.4 Å². The minimum atomic E-state index is -0.254. The number of rotatable bonds is 4. The third-order valence-corrected chi connectivity index (χ3v) is 2.95. The van der Waals surface area contributed by atoms with Gasteiger partial charge < -0.3 is 9.73 Å². The number of amides is 1. The van der Waals surface area contributed by atoms with E-state index in [-0.39, 0.29) is 11.9 Å². The van der Waals surface area contributed by atoms with Gasteiger partial charge in [-0.15, -0.1) is 10.2 Å². The summed E-state index contributed by atoms with van der Waals surface area (Å²) in [5.41, 5.74) is 1.29. The molecule has 0 fully saturated rings. The van der Waals surface area contributed by atoms with E-state index in [4.69, 9.17) is 4.42 Å². The summed E-state index contributed by atoms with van der Waals surface area (Å²) in [6.07, 6.45) is 2.66. The Labute approximate surface area is 119 Å². The molecule has 0 saturated carbocycles. The van der Waals surface area contributed by atoms with E-state index in [0.717, 1.165) is 5.56 Å². The van der Waals surface area contributed by atoms with Crippen molar-refractivity contribution in [2.45, 2.75) is 13.0 Å². The van der Waals surface area contributed by atoms with Crippen molar-refractivity contribution in [3.8, 4) is 11.5 Å². The Kier molecular flexibility index (Phi) is 3.42. The van der Waals surface area contributed by atoms with E-state index in [1.165, 1.54) is 12.7 Å². The number of aromatic nitrogens is 5. The minimum absolute atomic E-state index is 0.198. The van der Waals surface area contributed by atoms with Crippen LogP contribution in [-0.4, -0.2) is 31.3 Å². The Morgan fingerprint density at radius 3 is 2.76 bits per heavy atom. The van der Waals surface area contributed by atoms with E-state index in [2.05, 4.69) is 30.7 Å². The quantitative estimate of drug-likeness (QED) is 0.748. The molecule has 106 valence electrons. The molecule has 0 aliphatic carbocycles. The van der Waals surface area contributed by atoms with Crippen LogP contribution < -0.4 is 5.32 Å². The molecule has 0 saturated heterocycles. The van der Waals surface area contributed by atoms with Crippen LogP contribution in [-0.2, 0) is 0 Å². The maximum absolute atomic E-state index is 12.1. The highest BCUT2D eigenvalue weighted by Gasteiger charge is 2.13. The molecule has 1 amide bonds. The first-order valence-electron chi connectivity index (χ1n) is 6.27. The predicted molar refractivity (Wildman–Crippen MR) is 72.0 cm³/mol. The molecule has 0 bridgehead atoms. The molecule has 1 aromatic carbocycles. The van der Waals surface area contributed by atoms with Gasteiger partial charge in [-0.1, -0.05) is 0 Å². The highest BCUT2D eigenvalue weighted by molar-refractivity contribution is 5.94. The number of hydrogen-bond donors (Lipinski definition) is 2. The highest BCUT2D eigenvalue weighted by atomic mass is 16.4. The van der Waals surface area contributed by atoms with Crippen LogP contribution in [0, 0.1) is 0 Å². The van der Waals surface area contributed by atoms with E-state index in [9.17, 15) is 4.79 Å². The number of carbonyl (C=O) groups excluding carboxylic acids is 1. The van der Waals surface area contributed by atoms with E-state index >= 15 is 0 Å². The Balaban J connectivity index is 1.70. The smallest absolute Gasteiger partial charge is 0.251 e. The molecule has 1 unspecified atom stereocenters. The first kappa shape index (κ1) is 13.0. The summed E-state index contributed by atoms with van der Waals surface area (Å²) in [5, 5.41) is 16.7. The van der Waals surface area contributed by atoms with Crippen LogP contribution in [0.15, 0.2) is 41.4 Å². The first-order valence-corrected chi connectivity index (χ1v) is 6.27. The summed E-state index contributed by atoms with van der Waals surface area (Å²) < 4.78 is 5.09. The van der Waals surface area contributed by atoms with Gasteiger partial charge in [0.15, 0.2) is 0 Å². The molecule has 3 rings (SSSR count). The maximum Gasteiger partial charge on any atom is 0.251 e. The van der Waals surface area contributed by atoms with Crippen molar-refractivity contribution >= 4 is 5.91 Å². The van der Waals surface area contributed by atoms with Gasteiger partial charge in [-0.25, -0.2) is 4.98 Å². The fourth-order valence-electron chi connectivity index (χ4n) is 1.83. The lowest BCUT2D eigenvalue weighted by molar-refractivity contribution is 0.0938. The topological polar surface area (TPSA) is 110 Å². The molecule has 0 aliphatic rings. The number of H-pyrrole nitrogens is 1. The average Bonchev–Trinajstić information content (AvgIpc) is 3.20. The molecule has 0 spiro atoms. The van der Waals surface area contributed by atoms with Gasteiger partial charge in [0.05, 0.1) is 6.04 Å². The van der Waals surface area contributed by atoms with Crippen molar-refractivity contribution in [2.24, 2.45) is 0 Å². The molecule has 2 heterocycles. The van der Waals surface area contributed by atoms with Crippen LogP contribution in [0.3, 0.4) is 0 Å². The summed E-state index contributed by atoms with van der Waals surface area (Å²) in [7, 11) is 0. The van der Waals surface area contributed by atoms with Crippen LogP contribution in [0.2, 0.25) is 0 Å². The van der Waals surface area contributed by atoms with E-state index in [1.54, 1.807) is 24.3 Å². The molecular weight excluding hydrogens is 272 g/mol. The second kappa shape index (κ2) is 5.53. The van der Waals surface area contributed by atoms with Gasteiger partial charge >= 0.3 is 0 Å². The number of nitrogens with zero attached hydrogens (tertiary/aromatic N) is 4. The van der Waals surface area contributed by atoms with Crippen LogP contribution in [0.5, 0.6) is 0 Å². The number of hydrogen-bond acceptors (Lipinski definition) is 6. The van der Waals surface area contributed by atoms with E-state index in [0.29, 0.717) is 17.3 Å². The molecule has 8 nitrogen and oxygen atoms in total. The van der Waals surface area contributed by atoms with Crippen LogP contribution >= 0.6 is 0 Å². The fraction of sp³-hybridized carbons (Fsp3) is 0.154. The average molecular weight is 284 g/mol. The Bertz CT molecular complexity index is 706. The van der Waals surface area contributed by atoms with Gasteiger partial charge in [-0.3, -0.25) is 9.89 Å². The normalized spacial score (nSPS) is 12.0. The number of aromatic amines is 1. The zero-order valence-electron chi connectivity index (χ0n) is 11.1. The zero-order chi connectivity index (χ0) is 14.7. The van der Waals surface area contributed by atoms with Crippen LogP contribution in [0.4, 0.5) is 0 Å². The Hall–Kier alpha value is -3.03.